The van der Waals surface area contributed by atoms with E-state index in [0.717, 1.165) is 5.56 Å². The Labute approximate surface area is 137 Å². The fraction of sp³-hybridized carbons (Fsp3) is 0.312. The normalized spacial score (nSPS) is 26.0. The van der Waals surface area contributed by atoms with Gasteiger partial charge in [-0.2, -0.15) is 0 Å². The molecule has 0 radical (unpaired) electrons. The number of fused-ring (bicyclic) bond motifs is 1. The van der Waals surface area contributed by atoms with Crippen molar-refractivity contribution >= 4 is 29.5 Å². The predicted octanol–water partition coefficient (Wildman–Crippen LogP) is 0.986. The van der Waals surface area contributed by atoms with Gasteiger partial charge in [0, 0.05) is 6.20 Å². The molecule has 3 atom stereocenters. The van der Waals surface area contributed by atoms with Gasteiger partial charge in [0.2, 0.25) is 5.91 Å². The second-order valence-corrected chi connectivity index (χ2v) is 6.80. The number of hydrogen-bond acceptors (Lipinski definition) is 4. The molecule has 2 amide bonds. The van der Waals surface area contributed by atoms with E-state index in [1.807, 2.05) is 30.3 Å². The van der Waals surface area contributed by atoms with E-state index in [9.17, 15) is 19.5 Å². The van der Waals surface area contributed by atoms with Crippen LogP contribution in [0, 0.1) is 0 Å². The van der Waals surface area contributed by atoms with Gasteiger partial charge in [-0.05, 0) is 18.1 Å². The quantitative estimate of drug-likeness (QED) is 0.803. The summed E-state index contributed by atoms with van der Waals surface area (Å²) in [5.74, 6) is -1.38. The van der Waals surface area contributed by atoms with E-state index in [1.165, 1.54) is 16.7 Å². The molecular formula is C16H16N2O4S. The molecule has 120 valence electrons. The highest BCUT2D eigenvalue weighted by atomic mass is 32.2. The number of thioether (sulfide) groups is 1. The van der Waals surface area contributed by atoms with Crippen molar-refractivity contribution in [3.63, 3.8) is 0 Å². The number of amides is 2. The summed E-state index contributed by atoms with van der Waals surface area (Å²) in [5.41, 5.74) is 1.49. The maximum Gasteiger partial charge on any atom is 0.320 e. The summed E-state index contributed by atoms with van der Waals surface area (Å²) in [4.78, 5) is 36.9. The third kappa shape index (κ3) is 2.96. The molecule has 0 saturated carbocycles. The molecule has 6 nitrogen and oxygen atoms in total. The zero-order valence-corrected chi connectivity index (χ0v) is 13.2. The lowest BCUT2D eigenvalue weighted by atomic mass is 10.1. The van der Waals surface area contributed by atoms with Crippen LogP contribution in [0.5, 0.6) is 0 Å². The molecule has 2 unspecified atom stereocenters. The lowest BCUT2D eigenvalue weighted by Gasteiger charge is -2.48. The molecule has 3 rings (SSSR count). The minimum atomic E-state index is -0.933. The summed E-state index contributed by atoms with van der Waals surface area (Å²) in [6.07, 6.45) is 1.77. The highest BCUT2D eigenvalue weighted by Crippen LogP contribution is 2.40. The Bertz CT molecular complexity index is 689. The first-order valence-corrected chi connectivity index (χ1v) is 8.13. The highest BCUT2D eigenvalue weighted by Gasteiger charge is 2.52. The van der Waals surface area contributed by atoms with E-state index in [-0.39, 0.29) is 23.6 Å². The van der Waals surface area contributed by atoms with E-state index in [4.69, 9.17) is 0 Å². The molecule has 2 heterocycles. The first kappa shape index (κ1) is 15.6. The molecule has 0 aliphatic carbocycles. The van der Waals surface area contributed by atoms with Crippen LogP contribution < -0.4 is 5.32 Å². The van der Waals surface area contributed by atoms with Crippen molar-refractivity contribution in [1.82, 2.24) is 10.2 Å². The van der Waals surface area contributed by atoms with Gasteiger partial charge in [0.25, 0.3) is 5.91 Å². The minimum Gasteiger partial charge on any atom is -0.480 e. The summed E-state index contributed by atoms with van der Waals surface area (Å²) >= 11 is 1.18. The molecule has 2 aliphatic rings. The number of β-lactam (4-membered cyclic amide) rings is 1. The van der Waals surface area contributed by atoms with E-state index in [0.29, 0.717) is 5.57 Å². The van der Waals surface area contributed by atoms with Crippen LogP contribution in [0.15, 0.2) is 42.1 Å². The second-order valence-electron chi connectivity index (χ2n) is 5.57. The number of hydrogen-bond donors (Lipinski definition) is 2. The van der Waals surface area contributed by atoms with Crippen molar-refractivity contribution in [2.75, 3.05) is 0 Å². The Balaban J connectivity index is 1.65. The molecule has 1 saturated heterocycles. The third-order valence-corrected chi connectivity index (χ3v) is 5.48. The van der Waals surface area contributed by atoms with Gasteiger partial charge in [0.15, 0.2) is 0 Å². The maximum atomic E-state index is 12.1. The summed E-state index contributed by atoms with van der Waals surface area (Å²) in [5, 5.41) is 10.9. The molecule has 0 aromatic heterocycles. The monoisotopic (exact) mass is 332 g/mol. The van der Waals surface area contributed by atoms with Crippen molar-refractivity contribution < 1.29 is 19.5 Å². The number of carboxylic acids is 1. The van der Waals surface area contributed by atoms with Crippen LogP contribution in [0.4, 0.5) is 0 Å². The SMILES string of the molecule is CC1=CN2C(=O)C(NC(=O)Cc3ccccc3)[C@H]2SC1C(=O)O. The van der Waals surface area contributed by atoms with Gasteiger partial charge in [-0.3, -0.25) is 14.4 Å². The Morgan fingerprint density at radius 2 is 2.00 bits per heavy atom. The number of carbonyl (C=O) groups excluding carboxylic acids is 2. The van der Waals surface area contributed by atoms with Gasteiger partial charge < -0.3 is 15.3 Å². The van der Waals surface area contributed by atoms with E-state index in [1.54, 1.807) is 13.1 Å². The van der Waals surface area contributed by atoms with Gasteiger partial charge in [-0.25, -0.2) is 0 Å². The van der Waals surface area contributed by atoms with Gasteiger partial charge in [0.05, 0.1) is 6.42 Å². The molecule has 7 heteroatoms. The molecule has 0 spiro atoms. The summed E-state index contributed by atoms with van der Waals surface area (Å²) < 4.78 is 0. The lowest BCUT2D eigenvalue weighted by molar-refractivity contribution is -0.145. The van der Waals surface area contributed by atoms with Gasteiger partial charge in [-0.15, -0.1) is 11.8 Å². The molecule has 2 N–H and O–H groups in total. The van der Waals surface area contributed by atoms with Crippen LogP contribution in [0.25, 0.3) is 0 Å². The van der Waals surface area contributed by atoms with Crippen molar-refractivity contribution in [3.05, 3.63) is 47.7 Å². The Hall–Kier alpha value is -2.28. The largest absolute Gasteiger partial charge is 0.480 e. The van der Waals surface area contributed by atoms with Crippen LogP contribution >= 0.6 is 11.8 Å². The number of carboxylic acid groups (broad SMARTS) is 1. The first-order valence-electron chi connectivity index (χ1n) is 7.19. The predicted molar refractivity (Wildman–Crippen MR) is 85.5 cm³/mol. The van der Waals surface area contributed by atoms with Crippen molar-refractivity contribution in [3.8, 4) is 0 Å². The van der Waals surface area contributed by atoms with Crippen molar-refractivity contribution in [1.29, 1.82) is 0 Å². The van der Waals surface area contributed by atoms with Crippen LogP contribution in [0.1, 0.15) is 12.5 Å². The summed E-state index contributed by atoms with van der Waals surface area (Å²) in [6, 6.07) is 8.59. The van der Waals surface area contributed by atoms with Crippen LogP contribution in [0.3, 0.4) is 0 Å². The number of benzene rings is 1. The molecular weight excluding hydrogens is 316 g/mol. The average Bonchev–Trinajstić information content (AvgIpc) is 2.53. The van der Waals surface area contributed by atoms with Crippen molar-refractivity contribution in [2.24, 2.45) is 0 Å². The Morgan fingerprint density at radius 1 is 1.30 bits per heavy atom. The van der Waals surface area contributed by atoms with Gasteiger partial charge in [0.1, 0.15) is 16.7 Å². The van der Waals surface area contributed by atoms with E-state index >= 15 is 0 Å². The molecule has 0 bridgehead atoms. The highest BCUT2D eigenvalue weighted by molar-refractivity contribution is 8.01. The third-order valence-electron chi connectivity index (χ3n) is 3.86. The Morgan fingerprint density at radius 3 is 2.65 bits per heavy atom. The lowest BCUT2D eigenvalue weighted by Crippen LogP contribution is -2.69. The van der Waals surface area contributed by atoms with Crippen LogP contribution in [-0.4, -0.2) is 44.5 Å². The van der Waals surface area contributed by atoms with Crippen LogP contribution in [0.2, 0.25) is 0 Å². The van der Waals surface area contributed by atoms with Crippen molar-refractivity contribution in [2.45, 2.75) is 30.0 Å². The molecule has 23 heavy (non-hydrogen) atoms. The maximum absolute atomic E-state index is 12.1. The summed E-state index contributed by atoms with van der Waals surface area (Å²) in [7, 11) is 0. The smallest absolute Gasteiger partial charge is 0.320 e. The fourth-order valence-electron chi connectivity index (χ4n) is 2.69. The first-order chi connectivity index (χ1) is 11.0. The molecule has 1 fully saturated rings. The van der Waals surface area contributed by atoms with Crippen LogP contribution in [-0.2, 0) is 20.8 Å². The van der Waals surface area contributed by atoms with E-state index in [2.05, 4.69) is 5.32 Å². The average molecular weight is 332 g/mol. The zero-order chi connectivity index (χ0) is 16.6. The number of nitrogens with one attached hydrogen (secondary N) is 1. The minimum absolute atomic E-state index is 0.194. The fourth-order valence-corrected chi connectivity index (χ4v) is 4.00. The number of aliphatic carboxylic acids is 1. The van der Waals surface area contributed by atoms with Gasteiger partial charge in [-0.1, -0.05) is 30.3 Å². The number of carbonyl (C=O) groups is 3. The zero-order valence-electron chi connectivity index (χ0n) is 12.4. The number of rotatable bonds is 4. The van der Waals surface area contributed by atoms with Gasteiger partial charge >= 0.3 is 5.97 Å². The molecule has 1 aromatic rings. The Kier molecular flexibility index (Phi) is 4.12. The van der Waals surface area contributed by atoms with E-state index < -0.39 is 17.3 Å². The summed E-state index contributed by atoms with van der Waals surface area (Å²) in [6.45, 7) is 1.69. The molecule has 1 aromatic carbocycles. The second kappa shape index (κ2) is 6.08. The molecule has 2 aliphatic heterocycles. The topological polar surface area (TPSA) is 86.7 Å². The standard InChI is InChI=1S/C16H16N2O4S/c1-9-8-18-14(20)12(15(18)23-13(9)16(21)22)17-11(19)7-10-5-3-2-4-6-10/h2-6,8,12-13,15H,7H2,1H3,(H,17,19)(H,21,22)/t12?,13?,15-/m1/s1. The number of nitrogens with zero attached hydrogens (tertiary/aromatic N) is 1.